The zero-order chi connectivity index (χ0) is 25.4. The van der Waals surface area contributed by atoms with Gasteiger partial charge in [0.25, 0.3) is 11.7 Å². The lowest BCUT2D eigenvalue weighted by molar-refractivity contribution is -0.140. The van der Waals surface area contributed by atoms with E-state index in [1.54, 1.807) is 36.4 Å². The number of ketones is 1. The van der Waals surface area contributed by atoms with Crippen LogP contribution in [0.3, 0.4) is 0 Å². The van der Waals surface area contributed by atoms with Crippen LogP contribution in [0.25, 0.3) is 5.76 Å². The summed E-state index contributed by atoms with van der Waals surface area (Å²) < 4.78 is 11.3. The first-order valence-corrected chi connectivity index (χ1v) is 11.9. The fraction of sp³-hybridized carbons (Fsp3) is 0.357. The van der Waals surface area contributed by atoms with E-state index in [2.05, 4.69) is 13.5 Å². The normalized spacial score (nSPS) is 17.1. The van der Waals surface area contributed by atoms with Crippen LogP contribution in [0.15, 0.2) is 66.8 Å². The molecule has 7 heteroatoms. The highest BCUT2D eigenvalue weighted by molar-refractivity contribution is 6.46. The lowest BCUT2D eigenvalue weighted by Crippen LogP contribution is -2.35. The van der Waals surface area contributed by atoms with Crippen molar-refractivity contribution in [3.63, 3.8) is 0 Å². The Morgan fingerprint density at radius 2 is 1.86 bits per heavy atom. The highest BCUT2D eigenvalue weighted by Crippen LogP contribution is 2.40. The number of aliphatic hydroxyl groups excluding tert-OH is 1. The van der Waals surface area contributed by atoms with Gasteiger partial charge < -0.3 is 24.4 Å². The average molecular weight is 479 g/mol. The van der Waals surface area contributed by atoms with Crippen LogP contribution in [0, 0.1) is 0 Å². The molecule has 1 aliphatic rings. The van der Waals surface area contributed by atoms with Crippen LogP contribution >= 0.6 is 0 Å². The fourth-order valence-corrected chi connectivity index (χ4v) is 3.89. The van der Waals surface area contributed by atoms with Gasteiger partial charge in [-0.3, -0.25) is 9.59 Å². The van der Waals surface area contributed by atoms with Crippen molar-refractivity contribution in [2.45, 2.75) is 25.8 Å². The number of hydrogen-bond acceptors (Lipinski definition) is 6. The monoisotopic (exact) mass is 478 g/mol. The van der Waals surface area contributed by atoms with E-state index in [1.807, 2.05) is 37.2 Å². The molecule has 1 atom stereocenters. The summed E-state index contributed by atoms with van der Waals surface area (Å²) in [5, 5.41) is 11.3. The van der Waals surface area contributed by atoms with Gasteiger partial charge in [0, 0.05) is 18.7 Å². The molecular weight excluding hydrogens is 444 g/mol. The molecule has 1 amide bonds. The van der Waals surface area contributed by atoms with E-state index in [1.165, 1.54) is 4.90 Å². The summed E-state index contributed by atoms with van der Waals surface area (Å²) in [6.45, 7) is 7.58. The molecule has 1 saturated heterocycles. The maximum Gasteiger partial charge on any atom is 0.295 e. The van der Waals surface area contributed by atoms with Gasteiger partial charge in [0.1, 0.15) is 23.9 Å². The number of unbranched alkanes of at least 4 members (excludes halogenated alkanes) is 1. The molecule has 35 heavy (non-hydrogen) atoms. The Kier molecular flexibility index (Phi) is 9.09. The lowest BCUT2D eigenvalue weighted by atomic mass is 9.95. The standard InChI is InChI=1S/C28H34N2O5/c1-5-7-18-35-23-10-8-9-21(19-23)26(31)24-25(20-11-13-22(14-12-20)34-17-6-2)30(16-15-29(3)4)28(33)27(24)32/h6,8-14,19,25,31H,2,5,7,15-18H2,1,3-4H3. The van der Waals surface area contributed by atoms with Crippen LogP contribution in [-0.4, -0.2) is 67.0 Å². The van der Waals surface area contributed by atoms with Crippen molar-refractivity contribution < 1.29 is 24.2 Å². The van der Waals surface area contributed by atoms with E-state index >= 15 is 0 Å². The zero-order valence-corrected chi connectivity index (χ0v) is 20.7. The molecule has 2 aromatic carbocycles. The Balaban J connectivity index is 2.03. The van der Waals surface area contributed by atoms with Crippen LogP contribution in [0.5, 0.6) is 11.5 Å². The Morgan fingerprint density at radius 1 is 1.11 bits per heavy atom. The number of amides is 1. The average Bonchev–Trinajstić information content (AvgIpc) is 3.11. The molecular formula is C28H34N2O5. The summed E-state index contributed by atoms with van der Waals surface area (Å²) in [5.74, 6) is -0.287. The first kappa shape index (κ1) is 26.0. The van der Waals surface area contributed by atoms with Crippen molar-refractivity contribution in [3.8, 4) is 11.5 Å². The minimum atomic E-state index is -0.715. The third-order valence-electron chi connectivity index (χ3n) is 5.77. The molecule has 0 aliphatic carbocycles. The van der Waals surface area contributed by atoms with Crippen molar-refractivity contribution in [1.29, 1.82) is 0 Å². The molecule has 186 valence electrons. The van der Waals surface area contributed by atoms with E-state index in [0.717, 1.165) is 12.8 Å². The van der Waals surface area contributed by atoms with Crippen LogP contribution < -0.4 is 9.47 Å². The van der Waals surface area contributed by atoms with Crippen molar-refractivity contribution >= 4 is 17.4 Å². The number of hydrogen-bond donors (Lipinski definition) is 1. The molecule has 0 saturated carbocycles. The number of rotatable bonds is 12. The molecule has 0 radical (unpaired) electrons. The predicted molar refractivity (Wildman–Crippen MR) is 137 cm³/mol. The quantitative estimate of drug-likeness (QED) is 0.160. The van der Waals surface area contributed by atoms with Gasteiger partial charge in [-0.15, -0.1) is 0 Å². The Labute approximate surface area is 207 Å². The minimum Gasteiger partial charge on any atom is -0.507 e. The summed E-state index contributed by atoms with van der Waals surface area (Å²) in [6.07, 6.45) is 3.58. The third kappa shape index (κ3) is 6.31. The van der Waals surface area contributed by atoms with Gasteiger partial charge in [0.2, 0.25) is 0 Å². The predicted octanol–water partition coefficient (Wildman–Crippen LogP) is 4.41. The largest absolute Gasteiger partial charge is 0.507 e. The zero-order valence-electron chi connectivity index (χ0n) is 20.7. The van der Waals surface area contributed by atoms with Gasteiger partial charge in [-0.05, 0) is 50.3 Å². The van der Waals surface area contributed by atoms with Crippen molar-refractivity contribution in [3.05, 3.63) is 77.9 Å². The van der Waals surface area contributed by atoms with Gasteiger partial charge in [-0.1, -0.05) is 50.3 Å². The first-order valence-electron chi connectivity index (χ1n) is 11.9. The summed E-state index contributed by atoms with van der Waals surface area (Å²) in [6, 6.07) is 13.5. The van der Waals surface area contributed by atoms with Crippen LogP contribution in [0.4, 0.5) is 0 Å². The Morgan fingerprint density at radius 3 is 2.51 bits per heavy atom. The highest BCUT2D eigenvalue weighted by atomic mass is 16.5. The van der Waals surface area contributed by atoms with Crippen molar-refractivity contribution in [2.24, 2.45) is 0 Å². The number of likely N-dealkylation sites (N-methyl/N-ethyl adjacent to an activating group) is 1. The van der Waals surface area contributed by atoms with E-state index in [0.29, 0.717) is 48.9 Å². The highest BCUT2D eigenvalue weighted by Gasteiger charge is 2.45. The number of likely N-dealkylation sites (tertiary alicyclic amines) is 1. The summed E-state index contributed by atoms with van der Waals surface area (Å²) in [4.78, 5) is 29.7. The molecule has 0 bridgehead atoms. The van der Waals surface area contributed by atoms with E-state index < -0.39 is 17.7 Å². The number of carbonyl (C=O) groups excluding carboxylic acids is 2. The molecule has 1 unspecified atom stereocenters. The molecule has 7 nitrogen and oxygen atoms in total. The molecule has 1 aliphatic heterocycles. The fourth-order valence-electron chi connectivity index (χ4n) is 3.89. The van der Waals surface area contributed by atoms with E-state index in [-0.39, 0.29) is 11.3 Å². The third-order valence-corrected chi connectivity index (χ3v) is 5.77. The Bertz CT molecular complexity index is 1080. The summed E-state index contributed by atoms with van der Waals surface area (Å²) in [7, 11) is 3.81. The first-order chi connectivity index (χ1) is 16.9. The van der Waals surface area contributed by atoms with E-state index in [4.69, 9.17) is 9.47 Å². The number of nitrogens with zero attached hydrogens (tertiary/aromatic N) is 2. The molecule has 0 spiro atoms. The lowest BCUT2D eigenvalue weighted by Gasteiger charge is -2.26. The van der Waals surface area contributed by atoms with Crippen LogP contribution in [0.1, 0.15) is 36.9 Å². The maximum absolute atomic E-state index is 13.2. The van der Waals surface area contributed by atoms with E-state index in [9.17, 15) is 14.7 Å². The molecule has 1 N–H and O–H groups in total. The molecule has 0 aromatic heterocycles. The number of benzene rings is 2. The second-order valence-electron chi connectivity index (χ2n) is 8.69. The van der Waals surface area contributed by atoms with Crippen LogP contribution in [0.2, 0.25) is 0 Å². The minimum absolute atomic E-state index is 0.0687. The number of ether oxygens (including phenoxy) is 2. The molecule has 1 heterocycles. The van der Waals surface area contributed by atoms with Gasteiger partial charge in [0.15, 0.2) is 0 Å². The van der Waals surface area contributed by atoms with Crippen molar-refractivity contribution in [1.82, 2.24) is 9.80 Å². The Hall–Kier alpha value is -3.58. The number of aliphatic hydroxyl groups is 1. The van der Waals surface area contributed by atoms with Gasteiger partial charge >= 0.3 is 0 Å². The SMILES string of the molecule is C=CCOc1ccc(C2C(=C(O)c3cccc(OCCCC)c3)C(=O)C(=O)N2CCN(C)C)cc1. The number of Topliss-reactive ketones (excluding diaryl/α,β-unsaturated/α-hetero) is 1. The topological polar surface area (TPSA) is 79.3 Å². The molecule has 1 fully saturated rings. The van der Waals surface area contributed by atoms with Crippen molar-refractivity contribution in [2.75, 3.05) is 40.4 Å². The summed E-state index contributed by atoms with van der Waals surface area (Å²) in [5.41, 5.74) is 1.21. The second-order valence-corrected chi connectivity index (χ2v) is 8.69. The smallest absolute Gasteiger partial charge is 0.295 e. The number of carbonyl (C=O) groups is 2. The van der Waals surface area contributed by atoms with Gasteiger partial charge in [0.05, 0.1) is 18.2 Å². The second kappa shape index (κ2) is 12.2. The van der Waals surface area contributed by atoms with Gasteiger partial charge in [-0.25, -0.2) is 0 Å². The molecule has 3 rings (SSSR count). The summed E-state index contributed by atoms with van der Waals surface area (Å²) >= 11 is 0. The molecule has 2 aromatic rings. The van der Waals surface area contributed by atoms with Gasteiger partial charge in [-0.2, -0.15) is 0 Å². The maximum atomic E-state index is 13.2. The van der Waals surface area contributed by atoms with Crippen LogP contribution in [-0.2, 0) is 9.59 Å².